The molecular weight excluding hydrogens is 262 g/mol. The first-order valence-electron chi connectivity index (χ1n) is 8.34. The predicted molar refractivity (Wildman–Crippen MR) is 91.1 cm³/mol. The van der Waals surface area contributed by atoms with Crippen LogP contribution in [0.5, 0.6) is 0 Å². The van der Waals surface area contributed by atoms with Gasteiger partial charge in [0.05, 0.1) is 0 Å². The Labute approximate surface area is 130 Å². The Balaban J connectivity index is 3.30. The zero-order valence-corrected chi connectivity index (χ0v) is 13.5. The van der Waals surface area contributed by atoms with Gasteiger partial charge in [0.15, 0.2) is 0 Å². The molecule has 3 heteroatoms. The second-order valence-corrected chi connectivity index (χ2v) is 5.29. The maximum absolute atomic E-state index is 10.1. The zero-order valence-electron chi connectivity index (χ0n) is 13.5. The summed E-state index contributed by atoms with van der Waals surface area (Å²) in [7, 11) is 0. The molecule has 0 aromatic heterocycles. The topological polar surface area (TPSA) is 43.1 Å². The Kier molecular flexibility index (Phi) is 15.6. The minimum absolute atomic E-state index is 0.0292. The fourth-order valence-electron chi connectivity index (χ4n) is 2.00. The van der Waals surface area contributed by atoms with E-state index in [1.165, 1.54) is 44.9 Å². The highest BCUT2D eigenvalue weighted by Crippen LogP contribution is 2.07. The lowest BCUT2D eigenvalue weighted by atomic mass is 10.1. The molecule has 0 aliphatic heterocycles. The third-order valence-electron chi connectivity index (χ3n) is 3.25. The lowest BCUT2D eigenvalue weighted by Gasteiger charge is -1.97. The van der Waals surface area contributed by atoms with Crippen LogP contribution >= 0.6 is 0 Å². The van der Waals surface area contributed by atoms with Gasteiger partial charge in [-0.1, -0.05) is 75.5 Å². The molecule has 0 saturated carbocycles. The molecule has 3 nitrogen and oxygen atoms in total. The summed E-state index contributed by atoms with van der Waals surface area (Å²) in [6.07, 6.45) is 24.3. The van der Waals surface area contributed by atoms with Crippen molar-refractivity contribution in [3.8, 4) is 0 Å². The molecule has 0 spiro atoms. The van der Waals surface area contributed by atoms with Crippen molar-refractivity contribution >= 4 is 0 Å². The van der Waals surface area contributed by atoms with Crippen molar-refractivity contribution in [2.24, 2.45) is 0 Å². The Morgan fingerprint density at radius 1 is 0.762 bits per heavy atom. The number of nitro groups is 1. The van der Waals surface area contributed by atoms with Crippen molar-refractivity contribution in [2.45, 2.75) is 71.1 Å². The molecule has 0 amide bonds. The van der Waals surface area contributed by atoms with Crippen LogP contribution < -0.4 is 0 Å². The van der Waals surface area contributed by atoms with E-state index in [4.69, 9.17) is 0 Å². The van der Waals surface area contributed by atoms with E-state index in [9.17, 15) is 10.1 Å². The van der Waals surface area contributed by atoms with Gasteiger partial charge in [0, 0.05) is 11.3 Å². The fraction of sp³-hybridized carbons (Fsp3) is 0.667. The van der Waals surface area contributed by atoms with Gasteiger partial charge in [0.1, 0.15) is 0 Å². The second kappa shape index (κ2) is 16.7. The zero-order chi connectivity index (χ0) is 15.6. The average Bonchev–Trinajstić information content (AvgIpc) is 2.46. The molecule has 0 aliphatic rings. The Hall–Kier alpha value is -1.38. The van der Waals surface area contributed by atoms with Crippen LogP contribution in [0.4, 0.5) is 0 Å². The largest absolute Gasteiger partial charge is 0.265 e. The molecule has 0 rings (SSSR count). The van der Waals surface area contributed by atoms with E-state index < -0.39 is 0 Å². The van der Waals surface area contributed by atoms with Crippen molar-refractivity contribution in [1.29, 1.82) is 0 Å². The monoisotopic (exact) mass is 293 g/mol. The highest BCUT2D eigenvalue weighted by Gasteiger charge is 1.90. The summed E-state index contributed by atoms with van der Waals surface area (Å²) < 4.78 is 0. The quantitative estimate of drug-likeness (QED) is 0.174. The van der Waals surface area contributed by atoms with Crippen molar-refractivity contribution in [1.82, 2.24) is 0 Å². The first kappa shape index (κ1) is 19.6. The average molecular weight is 293 g/mol. The molecule has 21 heavy (non-hydrogen) atoms. The van der Waals surface area contributed by atoms with E-state index in [0.29, 0.717) is 6.42 Å². The summed E-state index contributed by atoms with van der Waals surface area (Å²) >= 11 is 0. The number of rotatable bonds is 14. The number of hydrogen-bond donors (Lipinski definition) is 0. The Morgan fingerprint density at radius 2 is 1.29 bits per heavy atom. The van der Waals surface area contributed by atoms with Crippen LogP contribution in [-0.2, 0) is 0 Å². The van der Waals surface area contributed by atoms with E-state index in [2.05, 4.69) is 31.2 Å². The minimum Gasteiger partial charge on any atom is -0.265 e. The van der Waals surface area contributed by atoms with Gasteiger partial charge >= 0.3 is 0 Å². The third kappa shape index (κ3) is 18.6. The van der Waals surface area contributed by atoms with Crippen LogP contribution in [0.1, 0.15) is 71.1 Å². The van der Waals surface area contributed by atoms with Crippen molar-refractivity contribution < 1.29 is 4.92 Å². The van der Waals surface area contributed by atoms with Gasteiger partial charge in [-0.2, -0.15) is 0 Å². The molecule has 120 valence electrons. The number of allylic oxidation sites excluding steroid dienone is 5. The van der Waals surface area contributed by atoms with E-state index in [1.807, 2.05) is 12.2 Å². The van der Waals surface area contributed by atoms with E-state index in [1.54, 1.807) is 0 Å². The molecule has 0 aromatic carbocycles. The molecule has 0 fully saturated rings. The molecule has 0 atom stereocenters. The number of hydrogen-bond acceptors (Lipinski definition) is 2. The van der Waals surface area contributed by atoms with Gasteiger partial charge in [-0.05, 0) is 25.7 Å². The third-order valence-corrected chi connectivity index (χ3v) is 3.25. The van der Waals surface area contributed by atoms with Crippen LogP contribution in [0.25, 0.3) is 0 Å². The SMILES string of the molecule is CCCCCCCCC=CCC=CCC=CCC[N+](=O)[O-]. The molecule has 0 N–H and O–H groups in total. The number of unbranched alkanes of at least 4 members (excludes halogenated alkanes) is 6. The van der Waals surface area contributed by atoms with E-state index in [-0.39, 0.29) is 11.5 Å². The van der Waals surface area contributed by atoms with Gasteiger partial charge in [0.2, 0.25) is 6.54 Å². The van der Waals surface area contributed by atoms with Crippen molar-refractivity contribution in [2.75, 3.05) is 6.54 Å². The van der Waals surface area contributed by atoms with Gasteiger partial charge in [-0.15, -0.1) is 0 Å². The predicted octanol–water partition coefficient (Wildman–Crippen LogP) is 5.85. The second-order valence-electron chi connectivity index (χ2n) is 5.29. The van der Waals surface area contributed by atoms with Crippen LogP contribution in [-0.4, -0.2) is 11.5 Å². The first-order chi connectivity index (χ1) is 10.3. The van der Waals surface area contributed by atoms with Crippen LogP contribution in [0, 0.1) is 10.1 Å². The van der Waals surface area contributed by atoms with Crippen molar-refractivity contribution in [3.63, 3.8) is 0 Å². The summed E-state index contributed by atoms with van der Waals surface area (Å²) in [5, 5.41) is 10.1. The molecule has 0 aliphatic carbocycles. The maximum Gasteiger partial charge on any atom is 0.207 e. The standard InChI is InChI=1S/C18H31NO2/c1-2-3-4-5-6-7-8-9-10-11-12-13-14-15-16-17-18-19(20)21/h9-10,12-13,15-16H,2-8,11,14,17-18H2,1H3. The molecule has 0 bridgehead atoms. The van der Waals surface area contributed by atoms with Gasteiger partial charge in [-0.3, -0.25) is 10.1 Å². The first-order valence-corrected chi connectivity index (χ1v) is 8.34. The minimum atomic E-state index is -0.283. The van der Waals surface area contributed by atoms with Crippen LogP contribution in [0.3, 0.4) is 0 Å². The fourth-order valence-corrected chi connectivity index (χ4v) is 2.00. The summed E-state index contributed by atoms with van der Waals surface area (Å²) in [6.45, 7) is 2.28. The summed E-state index contributed by atoms with van der Waals surface area (Å²) in [5.41, 5.74) is 0. The van der Waals surface area contributed by atoms with Crippen molar-refractivity contribution in [3.05, 3.63) is 46.6 Å². The van der Waals surface area contributed by atoms with E-state index in [0.717, 1.165) is 12.8 Å². The molecule has 0 saturated heterocycles. The molecule has 0 heterocycles. The molecule has 0 radical (unpaired) electrons. The smallest absolute Gasteiger partial charge is 0.207 e. The van der Waals surface area contributed by atoms with Crippen LogP contribution in [0.15, 0.2) is 36.5 Å². The van der Waals surface area contributed by atoms with Gasteiger partial charge < -0.3 is 0 Å². The Bertz CT molecular complexity index is 319. The Morgan fingerprint density at radius 3 is 1.90 bits per heavy atom. The lowest BCUT2D eigenvalue weighted by Crippen LogP contribution is -1.97. The molecule has 0 unspecified atom stereocenters. The van der Waals surface area contributed by atoms with E-state index >= 15 is 0 Å². The lowest BCUT2D eigenvalue weighted by molar-refractivity contribution is -0.478. The normalized spacial score (nSPS) is 12.0. The van der Waals surface area contributed by atoms with Gasteiger partial charge in [0.25, 0.3) is 0 Å². The van der Waals surface area contributed by atoms with Gasteiger partial charge in [-0.25, -0.2) is 0 Å². The summed E-state index contributed by atoms with van der Waals surface area (Å²) in [4.78, 5) is 9.81. The molecular formula is C18H31NO2. The summed E-state index contributed by atoms with van der Waals surface area (Å²) in [5.74, 6) is 0. The maximum atomic E-state index is 10.1. The highest BCUT2D eigenvalue weighted by atomic mass is 16.6. The van der Waals surface area contributed by atoms with Crippen LogP contribution in [0.2, 0.25) is 0 Å². The number of nitrogens with zero attached hydrogens (tertiary/aromatic N) is 1. The summed E-state index contributed by atoms with van der Waals surface area (Å²) in [6, 6.07) is 0. The highest BCUT2D eigenvalue weighted by molar-refractivity contribution is 4.97. The molecule has 0 aromatic rings.